The van der Waals surface area contributed by atoms with Crippen molar-refractivity contribution in [3.8, 4) is 11.5 Å². The molecule has 0 aliphatic carbocycles. The number of nitrogens with zero attached hydrogens (tertiary/aromatic N) is 1. The second-order valence-electron chi connectivity index (χ2n) is 4.66. The number of benzene rings is 1. The molecular weight excluding hydrogens is 302 g/mol. The van der Waals surface area contributed by atoms with Crippen molar-refractivity contribution in [2.24, 2.45) is 5.10 Å². The topological polar surface area (TPSA) is 68.0 Å². The highest BCUT2D eigenvalue weighted by atomic mass is 32.1. The van der Waals surface area contributed by atoms with Crippen molar-refractivity contribution >= 4 is 23.0 Å². The van der Waals surface area contributed by atoms with Crippen molar-refractivity contribution in [2.75, 3.05) is 6.79 Å². The number of hydrazone groups is 1. The van der Waals surface area contributed by atoms with E-state index in [1.165, 1.54) is 0 Å². The van der Waals surface area contributed by atoms with Crippen LogP contribution in [-0.4, -0.2) is 17.6 Å². The van der Waals surface area contributed by atoms with Gasteiger partial charge in [0.2, 0.25) is 6.79 Å². The van der Waals surface area contributed by atoms with Gasteiger partial charge in [-0.15, -0.1) is 0 Å². The Morgan fingerprint density at radius 1 is 1.27 bits per heavy atom. The maximum Gasteiger partial charge on any atom is 0.231 e. The van der Waals surface area contributed by atoms with E-state index in [0.717, 1.165) is 22.8 Å². The van der Waals surface area contributed by atoms with Crippen molar-refractivity contribution in [1.29, 1.82) is 0 Å². The minimum Gasteiger partial charge on any atom is -0.463 e. The molecular formula is C15H15N3O3S. The summed E-state index contributed by atoms with van der Waals surface area (Å²) in [5.41, 5.74) is 4.55. The number of ether oxygens (including phenoxy) is 2. The van der Waals surface area contributed by atoms with Crippen LogP contribution in [0, 0.1) is 0 Å². The zero-order valence-electron chi connectivity index (χ0n) is 12.0. The third-order valence-electron chi connectivity index (χ3n) is 3.09. The fourth-order valence-corrected chi connectivity index (χ4v) is 2.06. The summed E-state index contributed by atoms with van der Waals surface area (Å²) in [6, 6.07) is 9.42. The normalized spacial score (nSPS) is 13.0. The van der Waals surface area contributed by atoms with Crippen LogP contribution < -0.4 is 20.2 Å². The highest BCUT2D eigenvalue weighted by Crippen LogP contribution is 2.32. The summed E-state index contributed by atoms with van der Waals surface area (Å²) in [6.07, 6.45) is 1.60. The first-order valence-corrected chi connectivity index (χ1v) is 7.14. The first-order valence-electron chi connectivity index (χ1n) is 6.73. The van der Waals surface area contributed by atoms with Gasteiger partial charge in [-0.3, -0.25) is 5.43 Å². The average Bonchev–Trinajstić information content (AvgIpc) is 3.20. The van der Waals surface area contributed by atoms with Gasteiger partial charge in [-0.05, 0) is 49.0 Å². The monoisotopic (exact) mass is 317 g/mol. The Balaban J connectivity index is 1.51. The Morgan fingerprint density at radius 2 is 2.14 bits per heavy atom. The van der Waals surface area contributed by atoms with E-state index in [4.69, 9.17) is 26.1 Å². The molecule has 22 heavy (non-hydrogen) atoms. The molecule has 7 heteroatoms. The second-order valence-corrected chi connectivity index (χ2v) is 5.06. The molecule has 0 saturated carbocycles. The molecule has 2 aromatic rings. The van der Waals surface area contributed by atoms with E-state index in [0.29, 0.717) is 17.4 Å². The zero-order chi connectivity index (χ0) is 15.4. The molecule has 3 rings (SSSR count). The lowest BCUT2D eigenvalue weighted by Crippen LogP contribution is -2.32. The molecule has 0 unspecified atom stereocenters. The Kier molecular flexibility index (Phi) is 4.24. The summed E-state index contributed by atoms with van der Waals surface area (Å²) in [4.78, 5) is 0. The number of fused-ring (bicyclic) bond motifs is 1. The summed E-state index contributed by atoms with van der Waals surface area (Å²) in [7, 11) is 0. The number of furan rings is 1. The number of thiocarbonyl (C=S) groups is 1. The SMILES string of the molecule is C/C(=N/NC(=S)NCc1ccc2c(c1)OCO2)c1ccco1. The first kappa shape index (κ1) is 14.4. The lowest BCUT2D eigenvalue weighted by molar-refractivity contribution is 0.174. The summed E-state index contributed by atoms with van der Waals surface area (Å²) >= 11 is 5.18. The van der Waals surface area contributed by atoms with Crippen LogP contribution in [0.1, 0.15) is 18.2 Å². The second kappa shape index (κ2) is 6.48. The van der Waals surface area contributed by atoms with Gasteiger partial charge in [0.15, 0.2) is 16.6 Å². The van der Waals surface area contributed by atoms with Crippen molar-refractivity contribution < 1.29 is 13.9 Å². The van der Waals surface area contributed by atoms with Gasteiger partial charge in [0.25, 0.3) is 0 Å². The van der Waals surface area contributed by atoms with E-state index in [2.05, 4.69) is 15.8 Å². The van der Waals surface area contributed by atoms with Gasteiger partial charge in [0.1, 0.15) is 11.5 Å². The van der Waals surface area contributed by atoms with Crippen molar-refractivity contribution in [3.05, 3.63) is 47.9 Å². The van der Waals surface area contributed by atoms with Gasteiger partial charge < -0.3 is 19.2 Å². The molecule has 2 heterocycles. The fraction of sp³-hybridized carbons (Fsp3) is 0.200. The molecule has 0 spiro atoms. The van der Waals surface area contributed by atoms with Gasteiger partial charge >= 0.3 is 0 Å². The highest BCUT2D eigenvalue weighted by molar-refractivity contribution is 7.80. The van der Waals surface area contributed by atoms with E-state index < -0.39 is 0 Å². The van der Waals surface area contributed by atoms with E-state index in [9.17, 15) is 0 Å². The number of hydrogen-bond acceptors (Lipinski definition) is 5. The quantitative estimate of drug-likeness (QED) is 0.513. The van der Waals surface area contributed by atoms with Gasteiger partial charge in [-0.2, -0.15) is 5.10 Å². The molecule has 1 aliphatic heterocycles. The molecule has 0 atom stereocenters. The molecule has 0 amide bonds. The van der Waals surface area contributed by atoms with E-state index in [1.807, 2.05) is 37.3 Å². The first-order chi connectivity index (χ1) is 10.7. The van der Waals surface area contributed by atoms with Crippen LogP contribution in [0.15, 0.2) is 46.1 Å². The Bertz CT molecular complexity index is 698. The number of nitrogens with one attached hydrogen (secondary N) is 2. The number of rotatable bonds is 4. The van der Waals surface area contributed by atoms with Gasteiger partial charge in [0, 0.05) is 6.54 Å². The average molecular weight is 317 g/mol. The van der Waals surface area contributed by atoms with Gasteiger partial charge in [0.05, 0.1) is 6.26 Å². The van der Waals surface area contributed by atoms with Gasteiger partial charge in [-0.25, -0.2) is 0 Å². The maximum absolute atomic E-state index is 5.34. The third kappa shape index (κ3) is 3.37. The van der Waals surface area contributed by atoms with Crippen LogP contribution in [0.2, 0.25) is 0 Å². The molecule has 0 saturated heterocycles. The van der Waals surface area contributed by atoms with E-state index >= 15 is 0 Å². The van der Waals surface area contributed by atoms with E-state index in [-0.39, 0.29) is 6.79 Å². The van der Waals surface area contributed by atoms with Gasteiger partial charge in [-0.1, -0.05) is 6.07 Å². The molecule has 2 N–H and O–H groups in total. The largest absolute Gasteiger partial charge is 0.463 e. The molecule has 0 radical (unpaired) electrons. The smallest absolute Gasteiger partial charge is 0.231 e. The molecule has 1 aromatic heterocycles. The lowest BCUT2D eigenvalue weighted by atomic mass is 10.2. The van der Waals surface area contributed by atoms with Crippen LogP contribution in [-0.2, 0) is 6.54 Å². The maximum atomic E-state index is 5.34. The van der Waals surface area contributed by atoms with Crippen LogP contribution in [0.3, 0.4) is 0 Å². The van der Waals surface area contributed by atoms with Crippen LogP contribution in [0.5, 0.6) is 11.5 Å². The Hall–Kier alpha value is -2.54. The molecule has 1 aliphatic rings. The standard InChI is InChI=1S/C15H15N3O3S/c1-10(12-3-2-6-19-12)17-18-15(22)16-8-11-4-5-13-14(7-11)21-9-20-13/h2-7H,8-9H2,1H3,(H2,16,18,22)/b17-10-. The van der Waals surface area contributed by atoms with Crippen molar-refractivity contribution in [2.45, 2.75) is 13.5 Å². The molecule has 0 fully saturated rings. The minimum absolute atomic E-state index is 0.271. The summed E-state index contributed by atoms with van der Waals surface area (Å²) in [5.74, 6) is 2.22. The summed E-state index contributed by atoms with van der Waals surface area (Å²) in [5, 5.41) is 7.67. The van der Waals surface area contributed by atoms with Crippen LogP contribution >= 0.6 is 12.2 Å². The molecule has 114 valence electrons. The highest BCUT2D eigenvalue weighted by Gasteiger charge is 2.13. The van der Waals surface area contributed by atoms with Crippen molar-refractivity contribution in [1.82, 2.24) is 10.7 Å². The minimum atomic E-state index is 0.271. The Morgan fingerprint density at radius 3 is 2.95 bits per heavy atom. The van der Waals surface area contributed by atoms with Crippen LogP contribution in [0.4, 0.5) is 0 Å². The third-order valence-corrected chi connectivity index (χ3v) is 3.33. The Labute approximate surface area is 133 Å². The summed E-state index contributed by atoms with van der Waals surface area (Å²) < 4.78 is 15.8. The molecule has 1 aromatic carbocycles. The van der Waals surface area contributed by atoms with Crippen molar-refractivity contribution in [3.63, 3.8) is 0 Å². The predicted octanol–water partition coefficient (Wildman–Crippen LogP) is 2.40. The summed E-state index contributed by atoms with van der Waals surface area (Å²) in [6.45, 7) is 2.68. The number of hydrogen-bond donors (Lipinski definition) is 2. The van der Waals surface area contributed by atoms with E-state index in [1.54, 1.807) is 6.26 Å². The lowest BCUT2D eigenvalue weighted by Gasteiger charge is -2.08. The molecule has 6 nitrogen and oxygen atoms in total. The zero-order valence-corrected chi connectivity index (χ0v) is 12.8. The predicted molar refractivity (Wildman–Crippen MR) is 86.1 cm³/mol. The van der Waals surface area contributed by atoms with Crippen LogP contribution in [0.25, 0.3) is 0 Å². The fourth-order valence-electron chi connectivity index (χ4n) is 1.95. The molecule has 0 bridgehead atoms.